The molecular weight excluding hydrogens is 282 g/mol. The van der Waals surface area contributed by atoms with Gasteiger partial charge in [-0.25, -0.2) is 9.97 Å². The molecule has 0 saturated heterocycles. The third-order valence-electron chi connectivity index (χ3n) is 2.73. The maximum Gasteiger partial charge on any atom is 0.271 e. The summed E-state index contributed by atoms with van der Waals surface area (Å²) in [6.07, 6.45) is 2.73. The summed E-state index contributed by atoms with van der Waals surface area (Å²) in [6, 6.07) is 4.08. The lowest BCUT2D eigenvalue weighted by Crippen LogP contribution is -2.36. The maximum absolute atomic E-state index is 11.9. The Hall–Kier alpha value is -1.46. The van der Waals surface area contributed by atoms with E-state index in [1.54, 1.807) is 11.3 Å². The highest BCUT2D eigenvalue weighted by atomic mass is 35.5. The first-order valence-electron chi connectivity index (χ1n) is 5.79. The zero-order chi connectivity index (χ0) is 13.9. The van der Waals surface area contributed by atoms with Crippen LogP contribution in [0.25, 0.3) is 0 Å². The topological polar surface area (TPSA) is 54.9 Å². The van der Waals surface area contributed by atoms with Gasteiger partial charge in [-0.1, -0.05) is 31.5 Å². The van der Waals surface area contributed by atoms with Crippen LogP contribution in [-0.2, 0) is 5.41 Å². The Kier molecular flexibility index (Phi) is 4.17. The molecule has 19 heavy (non-hydrogen) atoms. The molecule has 0 fully saturated rings. The van der Waals surface area contributed by atoms with E-state index >= 15 is 0 Å². The second-order valence-electron chi connectivity index (χ2n) is 4.77. The predicted molar refractivity (Wildman–Crippen MR) is 76.7 cm³/mol. The van der Waals surface area contributed by atoms with Crippen LogP contribution in [0.3, 0.4) is 0 Å². The molecule has 1 amide bonds. The number of amides is 1. The predicted octanol–water partition coefficient (Wildman–Crippen LogP) is 2.90. The van der Waals surface area contributed by atoms with Gasteiger partial charge in [-0.05, 0) is 11.4 Å². The minimum absolute atomic E-state index is 0.107. The molecule has 6 heteroatoms. The van der Waals surface area contributed by atoms with Crippen molar-refractivity contribution in [2.75, 3.05) is 6.54 Å². The maximum atomic E-state index is 11.9. The summed E-state index contributed by atoms with van der Waals surface area (Å²) >= 11 is 7.31. The van der Waals surface area contributed by atoms with Crippen molar-refractivity contribution in [1.29, 1.82) is 0 Å². The molecule has 4 nitrogen and oxygen atoms in total. The Bertz CT molecular complexity index is 552. The first kappa shape index (κ1) is 14.0. The van der Waals surface area contributed by atoms with E-state index in [0.29, 0.717) is 6.54 Å². The number of nitrogens with zero attached hydrogens (tertiary/aromatic N) is 2. The van der Waals surface area contributed by atoms with Gasteiger partial charge in [0.25, 0.3) is 5.91 Å². The van der Waals surface area contributed by atoms with E-state index in [4.69, 9.17) is 11.6 Å². The molecule has 0 atom stereocenters. The van der Waals surface area contributed by atoms with Gasteiger partial charge in [0.05, 0.1) is 12.4 Å². The molecule has 2 aromatic rings. The summed E-state index contributed by atoms with van der Waals surface area (Å²) in [7, 11) is 0. The first-order chi connectivity index (χ1) is 8.99. The van der Waals surface area contributed by atoms with Crippen molar-refractivity contribution < 1.29 is 4.79 Å². The number of halogens is 1. The van der Waals surface area contributed by atoms with E-state index in [1.807, 2.05) is 11.4 Å². The third kappa shape index (κ3) is 3.52. The summed E-state index contributed by atoms with van der Waals surface area (Å²) in [5.41, 5.74) is 0.162. The number of aromatic nitrogens is 2. The number of thiophene rings is 1. The quantitative estimate of drug-likeness (QED) is 0.943. The molecular formula is C13H14ClN3OS. The summed E-state index contributed by atoms with van der Waals surface area (Å²) in [4.78, 5) is 20.9. The summed E-state index contributed by atoms with van der Waals surface area (Å²) < 4.78 is 0. The smallest absolute Gasteiger partial charge is 0.271 e. The van der Waals surface area contributed by atoms with Gasteiger partial charge in [-0.15, -0.1) is 11.3 Å². The molecule has 100 valence electrons. The van der Waals surface area contributed by atoms with Gasteiger partial charge in [-0.3, -0.25) is 4.79 Å². The first-order valence-corrected chi connectivity index (χ1v) is 7.04. The number of carbonyl (C=O) groups excluding carboxylic acids is 1. The van der Waals surface area contributed by atoms with Crippen molar-refractivity contribution in [1.82, 2.24) is 15.3 Å². The van der Waals surface area contributed by atoms with E-state index in [9.17, 15) is 4.79 Å². The minimum atomic E-state index is -0.242. The lowest BCUT2D eigenvalue weighted by molar-refractivity contribution is 0.0940. The molecule has 0 spiro atoms. The largest absolute Gasteiger partial charge is 0.350 e. The second kappa shape index (κ2) is 5.67. The lowest BCUT2D eigenvalue weighted by atomic mass is 9.91. The Morgan fingerprint density at radius 2 is 2.21 bits per heavy atom. The van der Waals surface area contributed by atoms with E-state index < -0.39 is 0 Å². The van der Waals surface area contributed by atoms with Crippen LogP contribution in [0.5, 0.6) is 0 Å². The summed E-state index contributed by atoms with van der Waals surface area (Å²) in [5, 5.41) is 5.17. The van der Waals surface area contributed by atoms with E-state index in [1.165, 1.54) is 17.3 Å². The van der Waals surface area contributed by atoms with Crippen molar-refractivity contribution in [2.24, 2.45) is 0 Å². The molecule has 0 bridgehead atoms. The lowest BCUT2D eigenvalue weighted by Gasteiger charge is -2.23. The Morgan fingerprint density at radius 3 is 2.79 bits per heavy atom. The highest BCUT2D eigenvalue weighted by Gasteiger charge is 2.22. The molecule has 0 aliphatic carbocycles. The van der Waals surface area contributed by atoms with Crippen molar-refractivity contribution in [2.45, 2.75) is 19.3 Å². The van der Waals surface area contributed by atoms with Crippen LogP contribution >= 0.6 is 22.9 Å². The van der Waals surface area contributed by atoms with E-state index in [2.05, 4.69) is 35.2 Å². The molecule has 0 aliphatic heterocycles. The van der Waals surface area contributed by atoms with Gasteiger partial charge >= 0.3 is 0 Å². The van der Waals surface area contributed by atoms with Gasteiger partial charge in [-0.2, -0.15) is 0 Å². The molecule has 0 radical (unpaired) electrons. The van der Waals surface area contributed by atoms with Crippen LogP contribution in [0.4, 0.5) is 0 Å². The normalized spacial score (nSPS) is 11.3. The highest BCUT2D eigenvalue weighted by molar-refractivity contribution is 7.10. The molecule has 2 heterocycles. The summed E-state index contributed by atoms with van der Waals surface area (Å²) in [6.45, 7) is 4.72. The van der Waals surface area contributed by atoms with E-state index in [0.717, 1.165) is 0 Å². The Balaban J connectivity index is 1.99. The molecule has 2 aromatic heterocycles. The zero-order valence-corrected chi connectivity index (χ0v) is 12.3. The number of carbonyl (C=O) groups is 1. The SMILES string of the molecule is CC(C)(CNC(=O)c1cnc(Cl)cn1)c1cccs1. The van der Waals surface area contributed by atoms with E-state index in [-0.39, 0.29) is 22.2 Å². The van der Waals surface area contributed by atoms with Gasteiger partial charge in [0.1, 0.15) is 10.8 Å². The van der Waals surface area contributed by atoms with Crippen molar-refractivity contribution >= 4 is 28.8 Å². The van der Waals surface area contributed by atoms with Crippen molar-refractivity contribution in [3.63, 3.8) is 0 Å². The Morgan fingerprint density at radius 1 is 1.42 bits per heavy atom. The van der Waals surface area contributed by atoms with Crippen LogP contribution in [0, 0.1) is 0 Å². The zero-order valence-electron chi connectivity index (χ0n) is 10.7. The molecule has 2 rings (SSSR count). The van der Waals surface area contributed by atoms with Gasteiger partial charge in [0, 0.05) is 16.8 Å². The number of rotatable bonds is 4. The Labute approximate surface area is 120 Å². The second-order valence-corrected chi connectivity index (χ2v) is 6.10. The fourth-order valence-electron chi connectivity index (χ4n) is 1.57. The number of nitrogens with one attached hydrogen (secondary N) is 1. The standard InChI is InChI=1S/C13H14ClN3OS/c1-13(2,10-4-3-5-19-10)8-17-12(18)9-6-16-11(14)7-15-9/h3-7H,8H2,1-2H3,(H,17,18). The average Bonchev–Trinajstić information content (AvgIpc) is 2.91. The average molecular weight is 296 g/mol. The van der Waals surface area contributed by atoms with Gasteiger partial charge in [0.2, 0.25) is 0 Å². The fraction of sp³-hybridized carbons (Fsp3) is 0.308. The van der Waals surface area contributed by atoms with Crippen LogP contribution < -0.4 is 5.32 Å². The third-order valence-corrected chi connectivity index (χ3v) is 4.16. The highest BCUT2D eigenvalue weighted by Crippen LogP contribution is 2.26. The molecule has 0 unspecified atom stereocenters. The fourth-order valence-corrected chi connectivity index (χ4v) is 2.52. The molecule has 0 saturated carbocycles. The van der Waals surface area contributed by atoms with Crippen LogP contribution in [0.2, 0.25) is 5.15 Å². The van der Waals surface area contributed by atoms with Crippen LogP contribution in [-0.4, -0.2) is 22.4 Å². The van der Waals surface area contributed by atoms with Gasteiger partial charge < -0.3 is 5.32 Å². The summed E-state index contributed by atoms with van der Waals surface area (Å²) in [5.74, 6) is -0.242. The molecule has 0 aromatic carbocycles. The van der Waals surface area contributed by atoms with Crippen molar-refractivity contribution in [3.05, 3.63) is 45.6 Å². The van der Waals surface area contributed by atoms with Crippen molar-refractivity contribution in [3.8, 4) is 0 Å². The minimum Gasteiger partial charge on any atom is -0.350 e. The monoisotopic (exact) mass is 295 g/mol. The molecule has 0 aliphatic rings. The number of hydrogen-bond donors (Lipinski definition) is 1. The van der Waals surface area contributed by atoms with Crippen LogP contribution in [0.15, 0.2) is 29.9 Å². The van der Waals surface area contributed by atoms with Gasteiger partial charge in [0.15, 0.2) is 0 Å². The number of hydrogen-bond acceptors (Lipinski definition) is 4. The van der Waals surface area contributed by atoms with Crippen LogP contribution in [0.1, 0.15) is 29.2 Å². The molecule has 1 N–H and O–H groups in total.